The third-order valence-corrected chi connectivity index (χ3v) is 4.06. The first-order chi connectivity index (χ1) is 7.28. The van der Waals surface area contributed by atoms with Crippen LogP contribution in [0.2, 0.25) is 0 Å². The van der Waals surface area contributed by atoms with E-state index in [0.717, 1.165) is 0 Å². The SMILES string of the molecule is CCOC(=O)C(C)CS(=O)(=O)CCC(C)C. The second-order valence-corrected chi connectivity index (χ2v) is 6.68. The van der Waals surface area contributed by atoms with Crippen molar-refractivity contribution in [3.63, 3.8) is 0 Å². The fourth-order valence-electron chi connectivity index (χ4n) is 1.23. The summed E-state index contributed by atoms with van der Waals surface area (Å²) in [4.78, 5) is 11.3. The van der Waals surface area contributed by atoms with Crippen molar-refractivity contribution in [1.82, 2.24) is 0 Å². The van der Waals surface area contributed by atoms with Crippen molar-refractivity contribution in [2.24, 2.45) is 11.8 Å². The molecule has 0 aromatic heterocycles. The Morgan fingerprint density at radius 1 is 1.25 bits per heavy atom. The van der Waals surface area contributed by atoms with Gasteiger partial charge in [-0.05, 0) is 19.3 Å². The van der Waals surface area contributed by atoms with Crippen molar-refractivity contribution in [2.75, 3.05) is 18.1 Å². The van der Waals surface area contributed by atoms with Crippen molar-refractivity contribution in [3.8, 4) is 0 Å². The van der Waals surface area contributed by atoms with Gasteiger partial charge in [0.2, 0.25) is 0 Å². The predicted molar refractivity (Wildman–Crippen MR) is 63.9 cm³/mol. The lowest BCUT2D eigenvalue weighted by Crippen LogP contribution is -2.25. The minimum absolute atomic E-state index is 0.113. The molecule has 0 rings (SSSR count). The molecule has 0 N–H and O–H groups in total. The number of ether oxygens (including phenoxy) is 1. The summed E-state index contributed by atoms with van der Waals surface area (Å²) >= 11 is 0. The van der Waals surface area contributed by atoms with Gasteiger partial charge in [-0.1, -0.05) is 20.8 Å². The van der Waals surface area contributed by atoms with E-state index in [0.29, 0.717) is 12.3 Å². The van der Waals surface area contributed by atoms with E-state index >= 15 is 0 Å². The molecular formula is C11H22O4S. The van der Waals surface area contributed by atoms with Crippen molar-refractivity contribution < 1.29 is 17.9 Å². The third-order valence-electron chi connectivity index (χ3n) is 2.20. The summed E-state index contributed by atoms with van der Waals surface area (Å²) < 4.78 is 28.1. The lowest BCUT2D eigenvalue weighted by atomic mass is 10.2. The van der Waals surface area contributed by atoms with Gasteiger partial charge in [0.05, 0.1) is 24.0 Å². The molecule has 5 heteroatoms. The molecule has 0 saturated heterocycles. The van der Waals surface area contributed by atoms with Crippen LogP contribution in [-0.4, -0.2) is 32.5 Å². The van der Waals surface area contributed by atoms with E-state index in [9.17, 15) is 13.2 Å². The van der Waals surface area contributed by atoms with Crippen LogP contribution in [0.25, 0.3) is 0 Å². The zero-order chi connectivity index (χ0) is 12.8. The average molecular weight is 250 g/mol. The van der Waals surface area contributed by atoms with Crippen LogP contribution in [0.3, 0.4) is 0 Å². The molecule has 0 spiro atoms. The van der Waals surface area contributed by atoms with Gasteiger partial charge in [0, 0.05) is 0 Å². The van der Waals surface area contributed by atoms with Gasteiger partial charge in [-0.25, -0.2) is 8.42 Å². The monoisotopic (exact) mass is 250 g/mol. The topological polar surface area (TPSA) is 60.4 Å². The summed E-state index contributed by atoms with van der Waals surface area (Å²) in [6.07, 6.45) is 0.637. The lowest BCUT2D eigenvalue weighted by molar-refractivity contribution is -0.146. The van der Waals surface area contributed by atoms with Crippen LogP contribution in [0.5, 0.6) is 0 Å². The molecule has 0 aromatic carbocycles. The predicted octanol–water partition coefficient (Wildman–Crippen LogP) is 1.65. The van der Waals surface area contributed by atoms with Crippen LogP contribution in [0, 0.1) is 11.8 Å². The Morgan fingerprint density at radius 2 is 1.81 bits per heavy atom. The van der Waals surface area contributed by atoms with E-state index in [1.807, 2.05) is 13.8 Å². The fraction of sp³-hybridized carbons (Fsp3) is 0.909. The molecule has 0 aliphatic rings. The Balaban J connectivity index is 4.20. The number of rotatable bonds is 7. The molecule has 0 heterocycles. The standard InChI is InChI=1S/C11H22O4S/c1-5-15-11(12)10(4)8-16(13,14)7-6-9(2)3/h9-10H,5-8H2,1-4H3. The number of esters is 1. The molecule has 0 amide bonds. The summed E-state index contributed by atoms with van der Waals surface area (Å²) in [7, 11) is -3.14. The Bertz CT molecular complexity index is 306. The molecular weight excluding hydrogens is 228 g/mol. The van der Waals surface area contributed by atoms with E-state index in [-0.39, 0.29) is 18.1 Å². The highest BCUT2D eigenvalue weighted by Crippen LogP contribution is 2.09. The zero-order valence-electron chi connectivity index (χ0n) is 10.5. The molecule has 0 radical (unpaired) electrons. The maximum Gasteiger partial charge on any atom is 0.309 e. The van der Waals surface area contributed by atoms with E-state index < -0.39 is 21.7 Å². The summed E-state index contributed by atoms with van der Waals surface area (Å²) in [5.74, 6) is -0.618. The maximum atomic E-state index is 11.6. The number of sulfone groups is 1. The van der Waals surface area contributed by atoms with Crippen molar-refractivity contribution in [2.45, 2.75) is 34.1 Å². The summed E-state index contributed by atoms with van der Waals surface area (Å²) in [6.45, 7) is 7.53. The normalized spacial score (nSPS) is 13.8. The van der Waals surface area contributed by atoms with Crippen LogP contribution in [0.4, 0.5) is 0 Å². The van der Waals surface area contributed by atoms with Crippen LogP contribution >= 0.6 is 0 Å². The maximum absolute atomic E-state index is 11.6. The number of carbonyl (C=O) groups is 1. The Hall–Kier alpha value is -0.580. The highest BCUT2D eigenvalue weighted by molar-refractivity contribution is 7.91. The highest BCUT2D eigenvalue weighted by Gasteiger charge is 2.22. The molecule has 0 bridgehead atoms. The van der Waals surface area contributed by atoms with Crippen LogP contribution in [-0.2, 0) is 19.4 Å². The largest absolute Gasteiger partial charge is 0.466 e. The smallest absolute Gasteiger partial charge is 0.309 e. The molecule has 4 nitrogen and oxygen atoms in total. The Labute approximate surface area is 98.3 Å². The Morgan fingerprint density at radius 3 is 2.25 bits per heavy atom. The molecule has 0 saturated carbocycles. The first kappa shape index (κ1) is 15.4. The zero-order valence-corrected chi connectivity index (χ0v) is 11.3. The minimum Gasteiger partial charge on any atom is -0.466 e. The van der Waals surface area contributed by atoms with Crippen molar-refractivity contribution >= 4 is 15.8 Å². The quantitative estimate of drug-likeness (QED) is 0.645. The van der Waals surface area contributed by atoms with Crippen LogP contribution in [0.1, 0.15) is 34.1 Å². The van der Waals surface area contributed by atoms with E-state index in [1.54, 1.807) is 13.8 Å². The Kier molecular flexibility index (Phi) is 6.64. The van der Waals surface area contributed by atoms with E-state index in [2.05, 4.69) is 0 Å². The minimum atomic E-state index is -3.14. The highest BCUT2D eigenvalue weighted by atomic mass is 32.2. The molecule has 1 atom stereocenters. The van der Waals surface area contributed by atoms with Crippen LogP contribution in [0.15, 0.2) is 0 Å². The lowest BCUT2D eigenvalue weighted by Gasteiger charge is -2.11. The van der Waals surface area contributed by atoms with Crippen molar-refractivity contribution in [3.05, 3.63) is 0 Å². The summed E-state index contributed by atoms with van der Waals surface area (Å²) in [6, 6.07) is 0. The number of hydrogen-bond acceptors (Lipinski definition) is 4. The number of carbonyl (C=O) groups excluding carboxylic acids is 1. The van der Waals surface area contributed by atoms with Gasteiger partial charge in [0.15, 0.2) is 9.84 Å². The van der Waals surface area contributed by atoms with Gasteiger partial charge in [-0.2, -0.15) is 0 Å². The molecule has 0 fully saturated rings. The molecule has 0 aliphatic carbocycles. The van der Waals surface area contributed by atoms with Gasteiger partial charge in [0.25, 0.3) is 0 Å². The van der Waals surface area contributed by atoms with Gasteiger partial charge < -0.3 is 4.74 Å². The molecule has 96 valence electrons. The molecule has 16 heavy (non-hydrogen) atoms. The van der Waals surface area contributed by atoms with Crippen LogP contribution < -0.4 is 0 Å². The average Bonchev–Trinajstić information content (AvgIpc) is 2.14. The van der Waals surface area contributed by atoms with Gasteiger partial charge in [-0.3, -0.25) is 4.79 Å². The van der Waals surface area contributed by atoms with E-state index in [4.69, 9.17) is 4.74 Å². The fourth-order valence-corrected chi connectivity index (χ4v) is 3.13. The van der Waals surface area contributed by atoms with Gasteiger partial charge in [0.1, 0.15) is 0 Å². The van der Waals surface area contributed by atoms with Gasteiger partial charge in [-0.15, -0.1) is 0 Å². The molecule has 0 aliphatic heterocycles. The summed E-state index contributed by atoms with van der Waals surface area (Å²) in [5, 5.41) is 0. The van der Waals surface area contributed by atoms with Gasteiger partial charge >= 0.3 is 5.97 Å². The second kappa shape index (κ2) is 6.89. The second-order valence-electron chi connectivity index (χ2n) is 4.45. The number of hydrogen-bond donors (Lipinski definition) is 0. The molecule has 1 unspecified atom stereocenters. The third kappa shape index (κ3) is 6.82. The summed E-state index contributed by atoms with van der Waals surface area (Å²) in [5.41, 5.74) is 0. The van der Waals surface area contributed by atoms with Crippen molar-refractivity contribution in [1.29, 1.82) is 0 Å². The molecule has 0 aromatic rings. The van der Waals surface area contributed by atoms with E-state index in [1.165, 1.54) is 0 Å². The first-order valence-electron chi connectivity index (χ1n) is 5.65. The first-order valence-corrected chi connectivity index (χ1v) is 7.47.